The van der Waals surface area contributed by atoms with Crippen LogP contribution in [-0.4, -0.2) is 29.8 Å². The first-order chi connectivity index (χ1) is 13.6. The molecule has 2 N–H and O–H groups in total. The zero-order valence-electron chi connectivity index (χ0n) is 16.4. The monoisotopic (exact) mass is 379 g/mol. The zero-order valence-corrected chi connectivity index (χ0v) is 16.4. The predicted octanol–water partition coefficient (Wildman–Crippen LogP) is 4.37. The summed E-state index contributed by atoms with van der Waals surface area (Å²) in [5.74, 6) is 1.17. The Morgan fingerprint density at radius 1 is 1.18 bits per heavy atom. The van der Waals surface area contributed by atoms with Crippen LogP contribution in [0.2, 0.25) is 0 Å². The van der Waals surface area contributed by atoms with E-state index in [9.17, 15) is 4.79 Å². The number of nitrogens with one attached hydrogen (secondary N) is 2. The first kappa shape index (κ1) is 19.5. The summed E-state index contributed by atoms with van der Waals surface area (Å²) in [5.41, 5.74) is 3.05. The second kappa shape index (κ2) is 9.08. The molecule has 0 aliphatic carbocycles. The van der Waals surface area contributed by atoms with Gasteiger partial charge in [0.05, 0.1) is 37.2 Å². The maximum absolute atomic E-state index is 12.8. The van der Waals surface area contributed by atoms with Crippen molar-refractivity contribution >= 4 is 5.91 Å². The molecule has 6 heteroatoms. The minimum absolute atomic E-state index is 0.189. The predicted molar refractivity (Wildman–Crippen MR) is 109 cm³/mol. The number of aromatic amines is 1. The van der Waals surface area contributed by atoms with Crippen molar-refractivity contribution in [2.45, 2.75) is 26.3 Å². The van der Waals surface area contributed by atoms with Crippen LogP contribution in [0.15, 0.2) is 54.7 Å². The Labute approximate surface area is 164 Å². The van der Waals surface area contributed by atoms with Crippen LogP contribution in [0, 0.1) is 0 Å². The van der Waals surface area contributed by atoms with Crippen molar-refractivity contribution in [2.24, 2.45) is 0 Å². The highest BCUT2D eigenvalue weighted by Crippen LogP contribution is 2.30. The molecule has 0 aliphatic heterocycles. The summed E-state index contributed by atoms with van der Waals surface area (Å²) in [6.45, 7) is 4.62. The second-order valence-corrected chi connectivity index (χ2v) is 6.48. The van der Waals surface area contributed by atoms with Gasteiger partial charge in [0, 0.05) is 5.56 Å². The van der Waals surface area contributed by atoms with Gasteiger partial charge in [0.25, 0.3) is 5.91 Å². The van der Waals surface area contributed by atoms with Crippen LogP contribution >= 0.6 is 0 Å². The zero-order chi connectivity index (χ0) is 19.9. The average molecular weight is 379 g/mol. The van der Waals surface area contributed by atoms with E-state index < -0.39 is 0 Å². The summed E-state index contributed by atoms with van der Waals surface area (Å²) in [6, 6.07) is 15.2. The molecule has 3 aromatic rings. The number of methoxy groups -OCH3 is 1. The Bertz CT molecular complexity index is 922. The molecule has 28 heavy (non-hydrogen) atoms. The minimum atomic E-state index is -0.208. The third-order valence-electron chi connectivity index (χ3n) is 4.44. The highest BCUT2D eigenvalue weighted by Gasteiger charge is 2.18. The molecule has 6 nitrogen and oxygen atoms in total. The van der Waals surface area contributed by atoms with Gasteiger partial charge in [-0.25, -0.2) is 0 Å². The largest absolute Gasteiger partial charge is 0.493 e. The Balaban J connectivity index is 1.76. The molecular formula is C22H25N3O3. The summed E-state index contributed by atoms with van der Waals surface area (Å²) >= 11 is 0. The SMILES string of the molecule is CCCOc1ccc(C(C)NC(=O)c2cn[nH]c2-c2ccccc2)cc1OC. The van der Waals surface area contributed by atoms with Crippen LogP contribution in [0.4, 0.5) is 0 Å². The highest BCUT2D eigenvalue weighted by atomic mass is 16.5. The number of benzene rings is 2. The number of hydrogen-bond donors (Lipinski definition) is 2. The Kier molecular flexibility index (Phi) is 6.32. The van der Waals surface area contributed by atoms with Crippen molar-refractivity contribution in [2.75, 3.05) is 13.7 Å². The maximum Gasteiger partial charge on any atom is 0.255 e. The lowest BCUT2D eigenvalue weighted by Gasteiger charge is -2.17. The number of carbonyl (C=O) groups excluding carboxylic acids is 1. The Hall–Kier alpha value is -3.28. The molecule has 0 fully saturated rings. The molecule has 1 heterocycles. The van der Waals surface area contributed by atoms with Gasteiger partial charge in [-0.3, -0.25) is 9.89 Å². The van der Waals surface area contributed by atoms with Crippen LogP contribution in [0.3, 0.4) is 0 Å². The van der Waals surface area contributed by atoms with Crippen molar-refractivity contribution in [1.82, 2.24) is 15.5 Å². The Morgan fingerprint density at radius 3 is 2.68 bits per heavy atom. The number of H-pyrrole nitrogens is 1. The van der Waals surface area contributed by atoms with Crippen molar-refractivity contribution in [3.05, 3.63) is 65.9 Å². The molecular weight excluding hydrogens is 354 g/mol. The van der Waals surface area contributed by atoms with Crippen LogP contribution in [0.5, 0.6) is 11.5 Å². The van der Waals surface area contributed by atoms with Gasteiger partial charge in [0.15, 0.2) is 11.5 Å². The third kappa shape index (κ3) is 4.34. The van der Waals surface area contributed by atoms with E-state index in [-0.39, 0.29) is 11.9 Å². The number of rotatable bonds is 8. The topological polar surface area (TPSA) is 76.2 Å². The lowest BCUT2D eigenvalue weighted by atomic mass is 10.1. The number of nitrogens with zero attached hydrogens (tertiary/aromatic N) is 1. The molecule has 0 radical (unpaired) electrons. The standard InChI is InChI=1S/C22H25N3O3/c1-4-12-28-19-11-10-17(13-20(19)27-3)15(2)24-22(26)18-14-23-25-21(18)16-8-6-5-7-9-16/h5-11,13-15H,4,12H2,1-3H3,(H,23,25)(H,24,26). The summed E-state index contributed by atoms with van der Waals surface area (Å²) in [7, 11) is 1.61. The van der Waals surface area contributed by atoms with E-state index in [1.54, 1.807) is 13.3 Å². The van der Waals surface area contributed by atoms with Gasteiger partial charge in [0.1, 0.15) is 0 Å². The fourth-order valence-electron chi connectivity index (χ4n) is 2.93. The van der Waals surface area contributed by atoms with Gasteiger partial charge in [-0.1, -0.05) is 43.3 Å². The van der Waals surface area contributed by atoms with Gasteiger partial charge in [0.2, 0.25) is 0 Å². The number of hydrogen-bond acceptors (Lipinski definition) is 4. The highest BCUT2D eigenvalue weighted by molar-refractivity contribution is 5.99. The van der Waals surface area contributed by atoms with E-state index in [1.165, 1.54) is 0 Å². The van der Waals surface area contributed by atoms with E-state index in [0.717, 1.165) is 17.5 Å². The molecule has 1 atom stereocenters. The van der Waals surface area contributed by atoms with Gasteiger partial charge >= 0.3 is 0 Å². The number of carbonyl (C=O) groups is 1. The fourth-order valence-corrected chi connectivity index (χ4v) is 2.93. The first-order valence-electron chi connectivity index (χ1n) is 9.34. The van der Waals surface area contributed by atoms with Gasteiger partial charge in [-0.2, -0.15) is 5.10 Å². The maximum atomic E-state index is 12.8. The molecule has 0 bridgehead atoms. The van der Waals surface area contributed by atoms with E-state index in [4.69, 9.17) is 9.47 Å². The van der Waals surface area contributed by atoms with Crippen molar-refractivity contribution in [3.63, 3.8) is 0 Å². The van der Waals surface area contributed by atoms with Gasteiger partial charge in [-0.15, -0.1) is 0 Å². The molecule has 1 unspecified atom stereocenters. The smallest absolute Gasteiger partial charge is 0.255 e. The normalized spacial score (nSPS) is 11.7. The fraction of sp³-hybridized carbons (Fsp3) is 0.273. The molecule has 0 saturated carbocycles. The summed E-state index contributed by atoms with van der Waals surface area (Å²) in [4.78, 5) is 12.8. The van der Waals surface area contributed by atoms with Crippen molar-refractivity contribution < 1.29 is 14.3 Å². The second-order valence-electron chi connectivity index (χ2n) is 6.48. The molecule has 1 aromatic heterocycles. The summed E-state index contributed by atoms with van der Waals surface area (Å²) < 4.78 is 11.1. The summed E-state index contributed by atoms with van der Waals surface area (Å²) in [6.07, 6.45) is 2.47. The molecule has 0 aliphatic rings. The molecule has 3 rings (SSSR count). The van der Waals surface area contributed by atoms with Crippen LogP contribution in [0.25, 0.3) is 11.3 Å². The van der Waals surface area contributed by atoms with Crippen LogP contribution in [-0.2, 0) is 0 Å². The lowest BCUT2D eigenvalue weighted by Crippen LogP contribution is -2.26. The molecule has 0 saturated heterocycles. The van der Waals surface area contributed by atoms with E-state index >= 15 is 0 Å². The van der Waals surface area contributed by atoms with E-state index in [1.807, 2.05) is 55.5 Å². The van der Waals surface area contributed by atoms with Crippen LogP contribution < -0.4 is 14.8 Å². The molecule has 1 amide bonds. The van der Waals surface area contributed by atoms with E-state index in [2.05, 4.69) is 22.4 Å². The van der Waals surface area contributed by atoms with Crippen LogP contribution in [0.1, 0.15) is 42.2 Å². The molecule has 2 aromatic carbocycles. The van der Waals surface area contributed by atoms with Crippen molar-refractivity contribution in [3.8, 4) is 22.8 Å². The quantitative estimate of drug-likeness (QED) is 0.609. The summed E-state index contributed by atoms with van der Waals surface area (Å²) in [5, 5.41) is 9.99. The van der Waals surface area contributed by atoms with Gasteiger partial charge < -0.3 is 14.8 Å². The lowest BCUT2D eigenvalue weighted by molar-refractivity contribution is 0.0940. The third-order valence-corrected chi connectivity index (χ3v) is 4.44. The number of amides is 1. The first-order valence-corrected chi connectivity index (χ1v) is 9.34. The van der Waals surface area contributed by atoms with Crippen molar-refractivity contribution in [1.29, 1.82) is 0 Å². The minimum Gasteiger partial charge on any atom is -0.493 e. The average Bonchev–Trinajstić information content (AvgIpc) is 3.22. The number of aromatic nitrogens is 2. The molecule has 146 valence electrons. The van der Waals surface area contributed by atoms with Gasteiger partial charge in [-0.05, 0) is 31.0 Å². The Morgan fingerprint density at radius 2 is 1.96 bits per heavy atom. The van der Waals surface area contributed by atoms with E-state index in [0.29, 0.717) is 29.4 Å². The number of ether oxygens (including phenoxy) is 2. The molecule has 0 spiro atoms.